The third kappa shape index (κ3) is 3.40. The highest BCUT2D eigenvalue weighted by molar-refractivity contribution is 7.19. The largest absolute Gasteiger partial charge is 0.207 e. The van der Waals surface area contributed by atoms with E-state index in [-0.39, 0.29) is 5.82 Å². The van der Waals surface area contributed by atoms with Gasteiger partial charge in [-0.15, -0.1) is 11.3 Å². The summed E-state index contributed by atoms with van der Waals surface area (Å²) in [6.45, 7) is 2.20. The van der Waals surface area contributed by atoms with Crippen LogP contribution in [0, 0.1) is 5.82 Å². The van der Waals surface area contributed by atoms with E-state index in [4.69, 9.17) is 0 Å². The number of thiophene rings is 1. The molecule has 0 fully saturated rings. The first-order chi connectivity index (χ1) is 10.2. The second-order valence-corrected chi connectivity index (χ2v) is 6.27. The standard InChI is InChI=1S/C19H17FS/c1-2-3-15-4-8-16-13-18(21-19(16)12-15)11-7-14-5-9-17(20)10-6-14/h4-13H,2-3H2,1H3/b11-7+. The van der Waals surface area contributed by atoms with Crippen LogP contribution in [0.15, 0.2) is 48.5 Å². The van der Waals surface area contributed by atoms with Gasteiger partial charge >= 0.3 is 0 Å². The van der Waals surface area contributed by atoms with Crippen LogP contribution in [0.5, 0.6) is 0 Å². The van der Waals surface area contributed by atoms with Gasteiger partial charge in [0.05, 0.1) is 0 Å². The molecule has 0 atom stereocenters. The Hall–Kier alpha value is -1.93. The molecule has 0 spiro atoms. The van der Waals surface area contributed by atoms with Crippen LogP contribution >= 0.6 is 11.3 Å². The quantitative estimate of drug-likeness (QED) is 0.540. The molecule has 2 aromatic carbocycles. The highest BCUT2D eigenvalue weighted by Crippen LogP contribution is 2.28. The highest BCUT2D eigenvalue weighted by atomic mass is 32.1. The molecule has 0 amide bonds. The number of aryl methyl sites for hydroxylation is 1. The average Bonchev–Trinajstić information content (AvgIpc) is 2.89. The fourth-order valence-electron chi connectivity index (χ4n) is 2.37. The molecule has 0 saturated carbocycles. The van der Waals surface area contributed by atoms with Crippen LogP contribution in [0.1, 0.15) is 29.3 Å². The van der Waals surface area contributed by atoms with Crippen LogP contribution in [0.4, 0.5) is 4.39 Å². The van der Waals surface area contributed by atoms with E-state index in [9.17, 15) is 4.39 Å². The molecule has 0 nitrogen and oxygen atoms in total. The van der Waals surface area contributed by atoms with Crippen molar-refractivity contribution in [3.05, 3.63) is 70.4 Å². The van der Waals surface area contributed by atoms with Crippen LogP contribution in [-0.2, 0) is 6.42 Å². The number of benzene rings is 2. The van der Waals surface area contributed by atoms with Gasteiger partial charge in [-0.05, 0) is 53.3 Å². The van der Waals surface area contributed by atoms with Crippen molar-refractivity contribution in [1.82, 2.24) is 0 Å². The first kappa shape index (κ1) is 14.0. The van der Waals surface area contributed by atoms with E-state index >= 15 is 0 Å². The summed E-state index contributed by atoms with van der Waals surface area (Å²) in [7, 11) is 0. The lowest BCUT2D eigenvalue weighted by Crippen LogP contribution is -1.80. The van der Waals surface area contributed by atoms with Crippen molar-refractivity contribution >= 4 is 33.6 Å². The SMILES string of the molecule is CCCc1ccc2cc(/C=C/c3ccc(F)cc3)sc2c1. The van der Waals surface area contributed by atoms with E-state index in [0.29, 0.717) is 0 Å². The van der Waals surface area contributed by atoms with Crippen molar-refractivity contribution in [1.29, 1.82) is 0 Å². The molecule has 0 N–H and O–H groups in total. The number of hydrogen-bond donors (Lipinski definition) is 0. The predicted octanol–water partition coefficient (Wildman–Crippen LogP) is 6.16. The molecule has 3 rings (SSSR count). The van der Waals surface area contributed by atoms with Gasteiger partial charge in [0, 0.05) is 9.58 Å². The summed E-state index contributed by atoms with van der Waals surface area (Å²) in [6.07, 6.45) is 6.43. The molecule has 0 aliphatic rings. The molecular weight excluding hydrogens is 279 g/mol. The first-order valence-corrected chi connectivity index (χ1v) is 8.02. The fraction of sp³-hybridized carbons (Fsp3) is 0.158. The molecule has 3 aromatic rings. The first-order valence-electron chi connectivity index (χ1n) is 7.21. The molecular formula is C19H17FS. The minimum Gasteiger partial charge on any atom is -0.207 e. The van der Waals surface area contributed by atoms with Gasteiger partial charge in [-0.3, -0.25) is 0 Å². The second kappa shape index (κ2) is 6.23. The molecule has 0 aliphatic heterocycles. The molecule has 21 heavy (non-hydrogen) atoms. The zero-order valence-corrected chi connectivity index (χ0v) is 12.8. The Morgan fingerprint density at radius 2 is 1.81 bits per heavy atom. The lowest BCUT2D eigenvalue weighted by molar-refractivity contribution is 0.628. The monoisotopic (exact) mass is 296 g/mol. The smallest absolute Gasteiger partial charge is 0.123 e. The Labute approximate surface area is 128 Å². The van der Waals surface area contributed by atoms with Gasteiger partial charge in [0.1, 0.15) is 5.82 Å². The maximum atomic E-state index is 12.9. The molecule has 1 heterocycles. The Kier molecular flexibility index (Phi) is 4.16. The zero-order valence-electron chi connectivity index (χ0n) is 12.0. The van der Waals surface area contributed by atoms with Crippen molar-refractivity contribution in [2.75, 3.05) is 0 Å². The van der Waals surface area contributed by atoms with E-state index in [1.165, 1.54) is 39.1 Å². The van der Waals surface area contributed by atoms with Gasteiger partial charge in [-0.2, -0.15) is 0 Å². The van der Waals surface area contributed by atoms with Crippen LogP contribution in [0.25, 0.3) is 22.2 Å². The molecule has 0 unspecified atom stereocenters. The van der Waals surface area contributed by atoms with E-state index in [0.717, 1.165) is 12.0 Å². The van der Waals surface area contributed by atoms with Crippen molar-refractivity contribution in [3.63, 3.8) is 0 Å². The van der Waals surface area contributed by atoms with Gasteiger partial charge in [0.2, 0.25) is 0 Å². The molecule has 0 bridgehead atoms. The number of halogens is 1. The number of rotatable bonds is 4. The number of hydrogen-bond acceptors (Lipinski definition) is 1. The lowest BCUT2D eigenvalue weighted by atomic mass is 10.1. The maximum Gasteiger partial charge on any atom is 0.123 e. The molecule has 106 valence electrons. The van der Waals surface area contributed by atoms with Gasteiger partial charge in [-0.1, -0.05) is 43.7 Å². The van der Waals surface area contributed by atoms with E-state index < -0.39 is 0 Å². The third-order valence-corrected chi connectivity index (χ3v) is 4.52. The van der Waals surface area contributed by atoms with E-state index in [1.807, 2.05) is 6.08 Å². The average molecular weight is 296 g/mol. The molecule has 2 heteroatoms. The van der Waals surface area contributed by atoms with Gasteiger partial charge < -0.3 is 0 Å². The Morgan fingerprint density at radius 3 is 2.57 bits per heavy atom. The van der Waals surface area contributed by atoms with Gasteiger partial charge in [0.15, 0.2) is 0 Å². The van der Waals surface area contributed by atoms with Crippen molar-refractivity contribution in [3.8, 4) is 0 Å². The van der Waals surface area contributed by atoms with Crippen LogP contribution < -0.4 is 0 Å². The third-order valence-electron chi connectivity index (χ3n) is 3.45. The summed E-state index contributed by atoms with van der Waals surface area (Å²) < 4.78 is 14.2. The summed E-state index contributed by atoms with van der Waals surface area (Å²) >= 11 is 1.80. The summed E-state index contributed by atoms with van der Waals surface area (Å²) in [4.78, 5) is 1.22. The molecule has 0 saturated heterocycles. The Morgan fingerprint density at radius 1 is 1.00 bits per heavy atom. The zero-order chi connectivity index (χ0) is 14.7. The Bertz CT molecular complexity index is 766. The summed E-state index contributed by atoms with van der Waals surface area (Å²) in [5.41, 5.74) is 2.42. The lowest BCUT2D eigenvalue weighted by Gasteiger charge is -1.97. The minimum absolute atomic E-state index is 0.197. The highest BCUT2D eigenvalue weighted by Gasteiger charge is 2.01. The van der Waals surface area contributed by atoms with Gasteiger partial charge in [-0.25, -0.2) is 4.39 Å². The van der Waals surface area contributed by atoms with Crippen molar-refractivity contribution in [2.24, 2.45) is 0 Å². The molecule has 0 radical (unpaired) electrons. The summed E-state index contributed by atoms with van der Waals surface area (Å²) in [5.74, 6) is -0.197. The summed E-state index contributed by atoms with van der Waals surface area (Å²) in [5, 5.41) is 1.29. The predicted molar refractivity (Wildman–Crippen MR) is 91.1 cm³/mol. The maximum absolute atomic E-state index is 12.9. The fourth-order valence-corrected chi connectivity index (χ4v) is 3.41. The molecule has 0 aliphatic carbocycles. The summed E-state index contributed by atoms with van der Waals surface area (Å²) in [6, 6.07) is 15.5. The molecule has 1 aromatic heterocycles. The minimum atomic E-state index is -0.197. The van der Waals surface area contributed by atoms with E-state index in [2.05, 4.69) is 37.3 Å². The van der Waals surface area contributed by atoms with Crippen LogP contribution in [0.2, 0.25) is 0 Å². The van der Waals surface area contributed by atoms with E-state index in [1.54, 1.807) is 23.5 Å². The van der Waals surface area contributed by atoms with Gasteiger partial charge in [0.25, 0.3) is 0 Å². The van der Waals surface area contributed by atoms with Crippen molar-refractivity contribution in [2.45, 2.75) is 19.8 Å². The topological polar surface area (TPSA) is 0 Å². The van der Waals surface area contributed by atoms with Crippen LogP contribution in [0.3, 0.4) is 0 Å². The normalized spacial score (nSPS) is 11.5. The second-order valence-electron chi connectivity index (χ2n) is 5.16. The van der Waals surface area contributed by atoms with Crippen LogP contribution in [-0.4, -0.2) is 0 Å². The number of fused-ring (bicyclic) bond motifs is 1. The van der Waals surface area contributed by atoms with Crippen molar-refractivity contribution < 1.29 is 4.39 Å². The Balaban J connectivity index is 1.85.